The zero-order chi connectivity index (χ0) is 39.1. The van der Waals surface area contributed by atoms with Crippen LogP contribution in [0.5, 0.6) is 0 Å². The highest BCUT2D eigenvalue weighted by atomic mass is 32.1. The highest BCUT2D eigenvalue weighted by Gasteiger charge is 2.46. The molecule has 1 heterocycles. The largest absolute Gasteiger partial charge is 0.309 e. The van der Waals surface area contributed by atoms with Gasteiger partial charge in [0.15, 0.2) is 0 Å². The van der Waals surface area contributed by atoms with Gasteiger partial charge in [-0.15, -0.1) is 11.3 Å². The molecule has 0 radical (unpaired) electrons. The van der Waals surface area contributed by atoms with Crippen molar-refractivity contribution in [2.24, 2.45) is 0 Å². The van der Waals surface area contributed by atoms with Crippen molar-refractivity contribution in [2.75, 3.05) is 4.90 Å². The predicted molar refractivity (Wildman–Crippen MR) is 250 cm³/mol. The average Bonchev–Trinajstić information content (AvgIpc) is 3.82. The normalized spacial score (nSPS) is 13.2. The zero-order valence-electron chi connectivity index (χ0n) is 32.8. The number of fused-ring (bicyclic) bond motifs is 7. The number of hydrogen-bond acceptors (Lipinski definition) is 2. The van der Waals surface area contributed by atoms with E-state index in [0.29, 0.717) is 0 Å². The second-order valence-electron chi connectivity index (χ2n) is 15.1. The molecule has 1 nitrogen and oxygen atoms in total. The maximum absolute atomic E-state index is 2.45. The number of allylic oxidation sites excluding steroid dienone is 4. The van der Waals surface area contributed by atoms with Crippen molar-refractivity contribution >= 4 is 54.1 Å². The summed E-state index contributed by atoms with van der Waals surface area (Å²) in [7, 11) is 0. The van der Waals surface area contributed by atoms with Crippen LogP contribution < -0.4 is 4.90 Å². The molecule has 0 unspecified atom stereocenters. The Kier molecular flexibility index (Phi) is 9.20. The zero-order valence-corrected chi connectivity index (χ0v) is 33.6. The smallest absolute Gasteiger partial charge is 0.0714 e. The maximum Gasteiger partial charge on any atom is 0.0714 e. The van der Waals surface area contributed by atoms with E-state index < -0.39 is 5.41 Å². The summed E-state index contributed by atoms with van der Waals surface area (Å²) < 4.78 is 2.60. The Hall–Kier alpha value is -6.74. The number of thiophene rings is 1. The van der Waals surface area contributed by atoms with Gasteiger partial charge in [-0.2, -0.15) is 0 Å². The summed E-state index contributed by atoms with van der Waals surface area (Å²) in [4.78, 5) is 2.45. The van der Waals surface area contributed by atoms with Gasteiger partial charge in [0.25, 0.3) is 0 Å². The minimum atomic E-state index is -0.438. The summed E-state index contributed by atoms with van der Waals surface area (Å²) in [6, 6.07) is 71.7. The first-order chi connectivity index (χ1) is 28.7. The molecule has 278 valence electrons. The second kappa shape index (κ2) is 15.0. The standard InChI is InChI=1S/C56H43NS/c1-3-4-8-19-39(2)40-32-34-45(35-33-40)57(46-27-17-22-42(38-46)41-20-9-5-10-21-41)52-31-18-29-47-48-36-37-51-53(55(48)58-54(47)52)49-28-15-16-30-50(49)56(51,43-23-11-6-12-24-43)44-25-13-7-14-26-44/h4-38H,3H2,1-2H3/b8-4-,39-19+. The predicted octanol–water partition coefficient (Wildman–Crippen LogP) is 15.9. The van der Waals surface area contributed by atoms with Crippen LogP contribution in [0.3, 0.4) is 0 Å². The third-order valence-corrected chi connectivity index (χ3v) is 13.1. The van der Waals surface area contributed by atoms with Crippen LogP contribution in [0.15, 0.2) is 212 Å². The molecule has 0 spiro atoms. The van der Waals surface area contributed by atoms with Crippen LogP contribution in [0.4, 0.5) is 17.1 Å². The van der Waals surface area contributed by atoms with Gasteiger partial charge < -0.3 is 4.90 Å². The molecule has 8 aromatic carbocycles. The first-order valence-electron chi connectivity index (χ1n) is 20.3. The third kappa shape index (κ3) is 5.83. The van der Waals surface area contributed by atoms with E-state index in [4.69, 9.17) is 0 Å². The van der Waals surface area contributed by atoms with Crippen molar-refractivity contribution in [3.63, 3.8) is 0 Å². The molecule has 1 aliphatic rings. The lowest BCUT2D eigenvalue weighted by Crippen LogP contribution is -2.28. The molecule has 0 aliphatic heterocycles. The van der Waals surface area contributed by atoms with Crippen molar-refractivity contribution < 1.29 is 0 Å². The maximum atomic E-state index is 2.45. The summed E-state index contributed by atoms with van der Waals surface area (Å²) in [6.07, 6.45) is 7.59. The van der Waals surface area contributed by atoms with Crippen LogP contribution in [0.1, 0.15) is 48.1 Å². The molecule has 0 amide bonds. The van der Waals surface area contributed by atoms with Gasteiger partial charge in [-0.05, 0) is 93.8 Å². The average molecular weight is 762 g/mol. The molecule has 0 atom stereocenters. The minimum absolute atomic E-state index is 0.438. The lowest BCUT2D eigenvalue weighted by atomic mass is 9.68. The van der Waals surface area contributed by atoms with E-state index in [1.807, 2.05) is 11.3 Å². The van der Waals surface area contributed by atoms with Gasteiger partial charge in [0.2, 0.25) is 0 Å². The summed E-state index contributed by atoms with van der Waals surface area (Å²) >= 11 is 1.93. The third-order valence-electron chi connectivity index (χ3n) is 11.8. The van der Waals surface area contributed by atoms with Crippen molar-refractivity contribution in [1.29, 1.82) is 0 Å². The summed E-state index contributed by atoms with van der Waals surface area (Å²) in [5, 5.41) is 2.57. The van der Waals surface area contributed by atoms with Crippen LogP contribution in [-0.4, -0.2) is 0 Å². The molecule has 0 bridgehead atoms. The Morgan fingerprint density at radius 3 is 1.91 bits per heavy atom. The van der Waals surface area contributed by atoms with E-state index in [-0.39, 0.29) is 0 Å². The minimum Gasteiger partial charge on any atom is -0.309 e. The van der Waals surface area contributed by atoms with E-state index in [2.05, 4.69) is 231 Å². The quantitative estimate of drug-likeness (QED) is 0.132. The molecule has 0 saturated carbocycles. The number of anilines is 3. The van der Waals surface area contributed by atoms with Crippen LogP contribution in [0, 0.1) is 0 Å². The molecule has 10 rings (SSSR count). The van der Waals surface area contributed by atoms with E-state index in [1.165, 1.54) is 81.5 Å². The number of hydrogen-bond donors (Lipinski definition) is 0. The lowest BCUT2D eigenvalue weighted by Gasteiger charge is -2.33. The van der Waals surface area contributed by atoms with Gasteiger partial charge >= 0.3 is 0 Å². The van der Waals surface area contributed by atoms with E-state index >= 15 is 0 Å². The first kappa shape index (κ1) is 35.7. The van der Waals surface area contributed by atoms with E-state index in [9.17, 15) is 0 Å². The molecular formula is C56H43NS. The highest BCUT2D eigenvalue weighted by Crippen LogP contribution is 2.59. The summed E-state index contributed by atoms with van der Waals surface area (Å²) in [5.41, 5.74) is 15.7. The molecule has 58 heavy (non-hydrogen) atoms. The fourth-order valence-electron chi connectivity index (χ4n) is 9.14. The van der Waals surface area contributed by atoms with Gasteiger partial charge in [0, 0.05) is 32.4 Å². The van der Waals surface area contributed by atoms with Crippen molar-refractivity contribution in [3.8, 4) is 22.3 Å². The molecule has 0 fully saturated rings. The van der Waals surface area contributed by atoms with Gasteiger partial charge in [0.1, 0.15) is 0 Å². The lowest BCUT2D eigenvalue weighted by molar-refractivity contribution is 0.769. The molecule has 0 N–H and O–H groups in total. The Morgan fingerprint density at radius 2 is 1.19 bits per heavy atom. The van der Waals surface area contributed by atoms with Crippen molar-refractivity contribution in [1.82, 2.24) is 0 Å². The van der Waals surface area contributed by atoms with Crippen LogP contribution in [0.2, 0.25) is 0 Å². The number of nitrogens with zero attached hydrogens (tertiary/aromatic N) is 1. The topological polar surface area (TPSA) is 3.24 Å². The van der Waals surface area contributed by atoms with Crippen molar-refractivity contribution in [3.05, 3.63) is 240 Å². The first-order valence-corrected chi connectivity index (χ1v) is 21.1. The fourth-order valence-corrected chi connectivity index (χ4v) is 10.5. The van der Waals surface area contributed by atoms with E-state index in [0.717, 1.165) is 17.8 Å². The van der Waals surface area contributed by atoms with Crippen LogP contribution in [0.25, 0.3) is 48.0 Å². The summed E-state index contributed by atoms with van der Waals surface area (Å²) in [6.45, 7) is 4.36. The molecule has 1 aliphatic carbocycles. The van der Waals surface area contributed by atoms with E-state index in [1.54, 1.807) is 0 Å². The fraction of sp³-hybridized carbons (Fsp3) is 0.0714. The Morgan fingerprint density at radius 1 is 0.552 bits per heavy atom. The second-order valence-corrected chi connectivity index (χ2v) is 16.2. The van der Waals surface area contributed by atoms with Gasteiger partial charge in [-0.1, -0.05) is 189 Å². The van der Waals surface area contributed by atoms with Gasteiger partial charge in [0.05, 0.1) is 15.8 Å². The summed E-state index contributed by atoms with van der Waals surface area (Å²) in [5.74, 6) is 0. The highest BCUT2D eigenvalue weighted by molar-refractivity contribution is 7.27. The Labute approximate surface area is 345 Å². The van der Waals surface area contributed by atoms with Gasteiger partial charge in [-0.3, -0.25) is 0 Å². The van der Waals surface area contributed by atoms with Crippen LogP contribution in [-0.2, 0) is 5.41 Å². The SMILES string of the molecule is CC/C=C\C=C(/C)c1ccc(N(c2cccc(-c3ccccc3)c2)c2cccc3c2sc2c4c(ccc23)C(c2ccccc2)(c2ccccc2)c2ccccc2-4)cc1. The van der Waals surface area contributed by atoms with Gasteiger partial charge in [-0.25, -0.2) is 0 Å². The van der Waals surface area contributed by atoms with Crippen molar-refractivity contribution in [2.45, 2.75) is 25.7 Å². The molecule has 1 aromatic heterocycles. The monoisotopic (exact) mass is 761 g/mol. The molecule has 2 heteroatoms. The molecular weight excluding hydrogens is 719 g/mol. The number of rotatable bonds is 9. The Balaban J connectivity index is 1.21. The molecule has 0 saturated heterocycles. The molecule has 9 aromatic rings. The number of benzene rings is 8. The Bertz CT molecular complexity index is 2930. The van der Waals surface area contributed by atoms with Crippen LogP contribution >= 0.6 is 11.3 Å².